The van der Waals surface area contributed by atoms with Gasteiger partial charge in [0.25, 0.3) is 0 Å². The lowest BCUT2D eigenvalue weighted by Gasteiger charge is -2.14. The van der Waals surface area contributed by atoms with Crippen molar-refractivity contribution in [3.05, 3.63) is 76.4 Å². The zero-order chi connectivity index (χ0) is 24.6. The molecule has 0 heterocycles. The number of aryl methyl sites for hydroxylation is 1. The molecule has 0 fully saturated rings. The van der Waals surface area contributed by atoms with Gasteiger partial charge in [0.05, 0.1) is 5.56 Å². The summed E-state index contributed by atoms with van der Waals surface area (Å²) in [4.78, 5) is 0. The number of hydrogen-bond acceptors (Lipinski definition) is 1. The van der Waals surface area contributed by atoms with Crippen molar-refractivity contribution in [3.63, 3.8) is 0 Å². The molecule has 0 saturated carbocycles. The molecule has 0 radical (unpaired) electrons. The van der Waals surface area contributed by atoms with Crippen molar-refractivity contribution >= 4 is 0 Å². The van der Waals surface area contributed by atoms with Gasteiger partial charge in [-0.15, -0.1) is 13.2 Å². The van der Waals surface area contributed by atoms with E-state index in [4.69, 9.17) is 0 Å². The molecule has 3 aromatic rings. The van der Waals surface area contributed by atoms with Gasteiger partial charge in [-0.3, -0.25) is 0 Å². The highest BCUT2D eigenvalue weighted by atomic mass is 19.4. The molecule has 1 aliphatic carbocycles. The van der Waals surface area contributed by atoms with E-state index in [-0.39, 0.29) is 12.0 Å². The number of alkyl halides is 3. The second-order valence-electron chi connectivity index (χ2n) is 8.37. The molecule has 4 rings (SSSR count). The van der Waals surface area contributed by atoms with Gasteiger partial charge in [-0.2, -0.15) is 0 Å². The van der Waals surface area contributed by atoms with Gasteiger partial charge in [0, 0.05) is 12.0 Å². The predicted molar refractivity (Wildman–Crippen MR) is 114 cm³/mol. The molecule has 0 N–H and O–H groups in total. The molecule has 1 nitrogen and oxygen atoms in total. The number of ether oxygens (including phenoxy) is 1. The standard InChI is InChI=1S/C26H21F7O/c1-2-3-4-5-6-14-7-8-17-15(9-14)10-19-18(17)13-20(27)23(24(19)30)16-11-21(28)25(22(29)12-16)34-26(31,32)33/h7-9,11-13H,2-6,10H2,1H3. The number of hydrogen-bond donors (Lipinski definition) is 0. The van der Waals surface area contributed by atoms with Crippen LogP contribution in [0.15, 0.2) is 36.4 Å². The summed E-state index contributed by atoms with van der Waals surface area (Å²) in [6.45, 7) is 2.13. The van der Waals surface area contributed by atoms with Gasteiger partial charge in [0.1, 0.15) is 11.6 Å². The predicted octanol–water partition coefficient (Wildman–Crippen LogP) is 8.50. The van der Waals surface area contributed by atoms with Crippen LogP contribution < -0.4 is 4.74 Å². The second kappa shape index (κ2) is 9.31. The van der Waals surface area contributed by atoms with E-state index in [9.17, 15) is 26.3 Å². The zero-order valence-electron chi connectivity index (χ0n) is 18.3. The highest BCUT2D eigenvalue weighted by Crippen LogP contribution is 2.43. The molecule has 0 atom stereocenters. The molecule has 0 aromatic heterocycles. The van der Waals surface area contributed by atoms with Crippen molar-refractivity contribution in [1.29, 1.82) is 0 Å². The summed E-state index contributed by atoms with van der Waals surface area (Å²) in [5, 5.41) is 0. The summed E-state index contributed by atoms with van der Waals surface area (Å²) in [7, 11) is 0. The van der Waals surface area contributed by atoms with Gasteiger partial charge in [-0.25, -0.2) is 17.6 Å². The minimum Gasteiger partial charge on any atom is -0.399 e. The minimum atomic E-state index is -5.33. The van der Waals surface area contributed by atoms with Crippen LogP contribution in [0.2, 0.25) is 0 Å². The Bertz CT molecular complexity index is 1210. The van der Waals surface area contributed by atoms with E-state index in [1.165, 1.54) is 0 Å². The number of rotatable bonds is 7. The molecule has 0 amide bonds. The maximum absolute atomic E-state index is 15.4. The molecule has 34 heavy (non-hydrogen) atoms. The molecule has 0 saturated heterocycles. The molecule has 3 aromatic carbocycles. The highest BCUT2D eigenvalue weighted by molar-refractivity contribution is 5.81. The van der Waals surface area contributed by atoms with Crippen molar-refractivity contribution in [3.8, 4) is 28.0 Å². The lowest BCUT2D eigenvalue weighted by atomic mass is 9.96. The third-order valence-corrected chi connectivity index (χ3v) is 5.97. The van der Waals surface area contributed by atoms with Crippen LogP contribution >= 0.6 is 0 Å². The first-order chi connectivity index (χ1) is 16.1. The lowest BCUT2D eigenvalue weighted by molar-refractivity contribution is -0.276. The minimum absolute atomic E-state index is 0.172. The fraction of sp³-hybridized carbons (Fsp3) is 0.308. The molecular formula is C26H21F7O. The third-order valence-electron chi connectivity index (χ3n) is 5.97. The fourth-order valence-electron chi connectivity index (χ4n) is 4.41. The zero-order valence-corrected chi connectivity index (χ0v) is 18.3. The SMILES string of the molecule is CCCCCCc1ccc2c(c1)Cc1c-2cc(F)c(-c2cc(F)c(OC(F)(F)F)c(F)c2)c1F. The van der Waals surface area contributed by atoms with E-state index in [0.29, 0.717) is 23.3 Å². The van der Waals surface area contributed by atoms with Crippen molar-refractivity contribution in [2.75, 3.05) is 0 Å². The number of halogens is 7. The first kappa shape index (κ1) is 24.1. The summed E-state index contributed by atoms with van der Waals surface area (Å²) in [5.74, 6) is -7.20. The Balaban J connectivity index is 1.67. The average Bonchev–Trinajstić information content (AvgIpc) is 3.11. The Hall–Kier alpha value is -3.03. The normalized spacial score (nSPS) is 12.6. The molecule has 1 aliphatic rings. The highest BCUT2D eigenvalue weighted by Gasteiger charge is 2.35. The monoisotopic (exact) mass is 482 g/mol. The summed E-state index contributed by atoms with van der Waals surface area (Å²) >= 11 is 0. The first-order valence-electron chi connectivity index (χ1n) is 11.0. The van der Waals surface area contributed by atoms with Gasteiger partial charge in [0.15, 0.2) is 11.6 Å². The van der Waals surface area contributed by atoms with E-state index in [1.807, 2.05) is 18.2 Å². The van der Waals surface area contributed by atoms with Crippen LogP contribution in [0.4, 0.5) is 30.7 Å². The number of benzene rings is 3. The fourth-order valence-corrected chi connectivity index (χ4v) is 4.41. The van der Waals surface area contributed by atoms with Gasteiger partial charge in [-0.1, -0.05) is 44.4 Å². The molecule has 0 bridgehead atoms. The number of unbranched alkanes of at least 4 members (excludes halogenated alkanes) is 3. The molecule has 0 aliphatic heterocycles. The van der Waals surface area contributed by atoms with Crippen molar-refractivity contribution < 1.29 is 35.5 Å². The van der Waals surface area contributed by atoms with Crippen LogP contribution in [0.25, 0.3) is 22.3 Å². The van der Waals surface area contributed by atoms with Crippen LogP contribution in [0, 0.1) is 23.3 Å². The largest absolute Gasteiger partial charge is 0.573 e. The average molecular weight is 482 g/mol. The quantitative estimate of drug-likeness (QED) is 0.190. The van der Waals surface area contributed by atoms with Gasteiger partial charge < -0.3 is 4.74 Å². The summed E-state index contributed by atoms with van der Waals surface area (Å²) in [5.41, 5.74) is 1.86. The van der Waals surface area contributed by atoms with Crippen molar-refractivity contribution in [1.82, 2.24) is 0 Å². The summed E-state index contributed by atoms with van der Waals surface area (Å²) in [6.07, 6.45) is 0.124. The second-order valence-corrected chi connectivity index (χ2v) is 8.37. The maximum atomic E-state index is 15.4. The Kier molecular flexibility index (Phi) is 6.60. The van der Waals surface area contributed by atoms with Gasteiger partial charge >= 0.3 is 6.36 Å². The molecule has 0 unspecified atom stereocenters. The van der Waals surface area contributed by atoms with E-state index in [0.717, 1.165) is 49.3 Å². The van der Waals surface area contributed by atoms with Crippen molar-refractivity contribution in [2.45, 2.75) is 51.8 Å². The third kappa shape index (κ3) is 4.76. The Morgan fingerprint density at radius 3 is 2.18 bits per heavy atom. The number of fused-ring (bicyclic) bond motifs is 3. The van der Waals surface area contributed by atoms with Crippen LogP contribution in [0.5, 0.6) is 5.75 Å². The smallest absolute Gasteiger partial charge is 0.399 e. The van der Waals surface area contributed by atoms with Crippen LogP contribution in [0.3, 0.4) is 0 Å². The van der Waals surface area contributed by atoms with Crippen molar-refractivity contribution in [2.24, 2.45) is 0 Å². The van der Waals surface area contributed by atoms with Gasteiger partial charge in [-0.05, 0) is 58.9 Å². The topological polar surface area (TPSA) is 9.23 Å². The molecular weight excluding hydrogens is 461 g/mol. The maximum Gasteiger partial charge on any atom is 0.573 e. The Morgan fingerprint density at radius 2 is 1.53 bits per heavy atom. The van der Waals surface area contributed by atoms with Crippen LogP contribution in [0.1, 0.15) is 49.3 Å². The van der Waals surface area contributed by atoms with E-state index in [1.54, 1.807) is 0 Å². The first-order valence-corrected chi connectivity index (χ1v) is 11.0. The van der Waals surface area contributed by atoms with Gasteiger partial charge in [0.2, 0.25) is 5.75 Å². The van der Waals surface area contributed by atoms with Crippen LogP contribution in [-0.2, 0) is 12.8 Å². The van der Waals surface area contributed by atoms with E-state index < -0.39 is 46.5 Å². The molecule has 0 spiro atoms. The Morgan fingerprint density at radius 1 is 0.824 bits per heavy atom. The van der Waals surface area contributed by atoms with E-state index in [2.05, 4.69) is 11.7 Å². The lowest BCUT2D eigenvalue weighted by Crippen LogP contribution is -2.19. The summed E-state index contributed by atoms with van der Waals surface area (Å²) < 4.78 is 99.2. The molecule has 8 heteroatoms. The molecule has 180 valence electrons. The summed E-state index contributed by atoms with van der Waals surface area (Å²) in [6, 6.07) is 7.64. The van der Waals surface area contributed by atoms with Crippen LogP contribution in [-0.4, -0.2) is 6.36 Å². The Labute approximate surface area is 192 Å². The van der Waals surface area contributed by atoms with E-state index >= 15 is 4.39 Å².